The van der Waals surface area contributed by atoms with Gasteiger partial charge in [0.25, 0.3) is 5.91 Å². The first-order valence-electron chi connectivity index (χ1n) is 9.70. The Kier molecular flexibility index (Phi) is 7.68. The molecule has 3 rings (SSSR count). The number of methoxy groups -OCH3 is 1. The maximum absolute atomic E-state index is 12.5. The molecular weight excluding hydrogens is 402 g/mol. The maximum Gasteiger partial charge on any atom is 0.287 e. The Bertz CT molecular complexity index is 980. The lowest BCUT2D eigenvalue weighted by Crippen LogP contribution is -2.25. The van der Waals surface area contributed by atoms with Gasteiger partial charge in [-0.3, -0.25) is 9.00 Å². The average Bonchev–Trinajstić information content (AvgIpc) is 3.24. The fourth-order valence-corrected chi connectivity index (χ4v) is 3.86. The van der Waals surface area contributed by atoms with Gasteiger partial charge in [0, 0.05) is 11.4 Å². The number of rotatable bonds is 10. The Morgan fingerprint density at radius 2 is 1.70 bits per heavy atom. The summed E-state index contributed by atoms with van der Waals surface area (Å²) in [6.45, 7) is 3.06. The van der Waals surface area contributed by atoms with Crippen LogP contribution in [0.25, 0.3) is 0 Å². The quantitative estimate of drug-likeness (QED) is 0.530. The number of hydrogen-bond acceptors (Lipinski definition) is 5. The van der Waals surface area contributed by atoms with E-state index >= 15 is 0 Å². The molecular formula is C23H25NO5S. The van der Waals surface area contributed by atoms with Crippen LogP contribution in [0.15, 0.2) is 70.0 Å². The van der Waals surface area contributed by atoms with Crippen molar-refractivity contribution < 1.29 is 22.9 Å². The summed E-state index contributed by atoms with van der Waals surface area (Å²) in [7, 11) is 0.313. The van der Waals surface area contributed by atoms with E-state index in [9.17, 15) is 9.00 Å². The summed E-state index contributed by atoms with van der Waals surface area (Å²) in [5.41, 5.74) is 1.11. The van der Waals surface area contributed by atoms with Crippen LogP contribution in [0.5, 0.6) is 11.5 Å². The molecule has 7 heteroatoms. The van der Waals surface area contributed by atoms with Crippen LogP contribution in [0.2, 0.25) is 0 Å². The van der Waals surface area contributed by atoms with Crippen LogP contribution in [0.1, 0.15) is 28.8 Å². The summed E-state index contributed by atoms with van der Waals surface area (Å²) in [6, 6.07) is 18.1. The number of furan rings is 1. The number of nitrogens with one attached hydrogen (secondary N) is 1. The second-order valence-electron chi connectivity index (χ2n) is 6.51. The van der Waals surface area contributed by atoms with E-state index < -0.39 is 10.8 Å². The van der Waals surface area contributed by atoms with Gasteiger partial charge < -0.3 is 19.2 Å². The first-order valence-corrected chi connectivity index (χ1v) is 11.0. The molecule has 1 N–H and O–H groups in total. The molecule has 158 valence electrons. The summed E-state index contributed by atoms with van der Waals surface area (Å²) in [5, 5.41) is 2.84. The van der Waals surface area contributed by atoms with Crippen LogP contribution in [0.3, 0.4) is 0 Å². The van der Waals surface area contributed by atoms with E-state index in [4.69, 9.17) is 13.9 Å². The largest absolute Gasteiger partial charge is 0.497 e. The first-order chi connectivity index (χ1) is 14.6. The van der Waals surface area contributed by atoms with Gasteiger partial charge in [-0.05, 0) is 67.4 Å². The monoisotopic (exact) mass is 427 g/mol. The third kappa shape index (κ3) is 5.97. The molecule has 30 heavy (non-hydrogen) atoms. The molecule has 1 aromatic heterocycles. The molecule has 0 radical (unpaired) electrons. The number of ether oxygens (including phenoxy) is 2. The number of carbonyl (C=O) groups is 1. The van der Waals surface area contributed by atoms with E-state index in [2.05, 4.69) is 5.32 Å². The molecule has 1 atom stereocenters. The number of hydrogen-bond donors (Lipinski definition) is 1. The van der Waals surface area contributed by atoms with E-state index in [0.29, 0.717) is 36.0 Å². The molecule has 1 heterocycles. The van der Waals surface area contributed by atoms with E-state index in [1.165, 1.54) is 0 Å². The van der Waals surface area contributed by atoms with Gasteiger partial charge in [0.2, 0.25) is 0 Å². The van der Waals surface area contributed by atoms with Crippen LogP contribution in [-0.2, 0) is 23.0 Å². The number of carbonyl (C=O) groups excluding carboxylic acids is 1. The molecule has 2 aromatic carbocycles. The van der Waals surface area contributed by atoms with Crippen LogP contribution in [-0.4, -0.2) is 30.4 Å². The molecule has 6 nitrogen and oxygen atoms in total. The fraction of sp³-hybridized carbons (Fsp3) is 0.261. The molecule has 0 spiro atoms. The van der Waals surface area contributed by atoms with Gasteiger partial charge in [-0.25, -0.2) is 0 Å². The van der Waals surface area contributed by atoms with Gasteiger partial charge in [-0.2, -0.15) is 0 Å². The number of benzene rings is 2. The van der Waals surface area contributed by atoms with Crippen molar-refractivity contribution in [3.8, 4) is 11.5 Å². The predicted molar refractivity (Wildman–Crippen MR) is 115 cm³/mol. The van der Waals surface area contributed by atoms with E-state index in [0.717, 1.165) is 11.3 Å². The minimum absolute atomic E-state index is 0.200. The predicted octanol–water partition coefficient (Wildman–Crippen LogP) is 3.97. The zero-order valence-corrected chi connectivity index (χ0v) is 17.9. The zero-order valence-electron chi connectivity index (χ0n) is 17.1. The molecule has 0 saturated carbocycles. The van der Waals surface area contributed by atoms with Crippen molar-refractivity contribution in [2.45, 2.75) is 24.0 Å². The molecule has 1 amide bonds. The van der Waals surface area contributed by atoms with Crippen molar-refractivity contribution >= 4 is 16.7 Å². The standard InChI is InChI=1S/C23H25NO5S/c1-3-28-19-6-4-17(5-7-19)14-15-24-23(25)22-13-10-20(29-22)16-30(26)21-11-8-18(27-2)9-12-21/h4-13H,3,14-16H2,1-2H3,(H,24,25)/t30-/m0/s1. The highest BCUT2D eigenvalue weighted by molar-refractivity contribution is 7.84. The van der Waals surface area contributed by atoms with Crippen LogP contribution >= 0.6 is 0 Å². The average molecular weight is 428 g/mol. The Labute approximate surface area is 178 Å². The lowest BCUT2D eigenvalue weighted by atomic mass is 10.1. The van der Waals surface area contributed by atoms with Crippen molar-refractivity contribution in [3.63, 3.8) is 0 Å². The summed E-state index contributed by atoms with van der Waals surface area (Å²) in [4.78, 5) is 13.0. The third-order valence-electron chi connectivity index (χ3n) is 4.41. The molecule has 3 aromatic rings. The van der Waals surface area contributed by atoms with Gasteiger partial charge in [0.1, 0.15) is 17.3 Å². The van der Waals surface area contributed by atoms with Crippen molar-refractivity contribution in [1.82, 2.24) is 5.32 Å². The van der Waals surface area contributed by atoms with Gasteiger partial charge in [-0.1, -0.05) is 12.1 Å². The molecule has 0 bridgehead atoms. The SMILES string of the molecule is CCOc1ccc(CCNC(=O)c2ccc(C[S@](=O)c3ccc(OC)cc3)o2)cc1. The molecule has 0 aliphatic rings. The van der Waals surface area contributed by atoms with Gasteiger partial charge >= 0.3 is 0 Å². The Hall–Kier alpha value is -3.06. The normalized spacial score (nSPS) is 11.7. The van der Waals surface area contributed by atoms with Crippen molar-refractivity contribution in [3.05, 3.63) is 77.7 Å². The van der Waals surface area contributed by atoms with Crippen LogP contribution in [0, 0.1) is 0 Å². The highest BCUT2D eigenvalue weighted by Crippen LogP contribution is 2.18. The van der Waals surface area contributed by atoms with Crippen molar-refractivity contribution in [2.24, 2.45) is 0 Å². The van der Waals surface area contributed by atoms with Crippen LogP contribution in [0.4, 0.5) is 0 Å². The smallest absolute Gasteiger partial charge is 0.287 e. The lowest BCUT2D eigenvalue weighted by Gasteiger charge is -2.06. The summed E-state index contributed by atoms with van der Waals surface area (Å²) >= 11 is 0. The van der Waals surface area contributed by atoms with E-state index in [1.54, 1.807) is 43.5 Å². The van der Waals surface area contributed by atoms with E-state index in [-0.39, 0.29) is 17.4 Å². The van der Waals surface area contributed by atoms with E-state index in [1.807, 2.05) is 31.2 Å². The van der Waals surface area contributed by atoms with Gasteiger partial charge in [0.05, 0.1) is 30.3 Å². The van der Waals surface area contributed by atoms with Gasteiger partial charge in [0.15, 0.2) is 5.76 Å². The Morgan fingerprint density at radius 3 is 2.37 bits per heavy atom. The van der Waals surface area contributed by atoms with Crippen molar-refractivity contribution in [2.75, 3.05) is 20.3 Å². The molecule has 0 aliphatic carbocycles. The molecule has 0 saturated heterocycles. The van der Waals surface area contributed by atoms with Crippen molar-refractivity contribution in [1.29, 1.82) is 0 Å². The number of amides is 1. The summed E-state index contributed by atoms with van der Waals surface area (Å²) < 4.78 is 28.6. The van der Waals surface area contributed by atoms with Crippen LogP contribution < -0.4 is 14.8 Å². The first kappa shape index (κ1) is 21.6. The Morgan fingerprint density at radius 1 is 1.00 bits per heavy atom. The molecule has 0 aliphatic heterocycles. The zero-order chi connectivity index (χ0) is 21.3. The highest BCUT2D eigenvalue weighted by Gasteiger charge is 2.13. The topological polar surface area (TPSA) is 77.8 Å². The second-order valence-corrected chi connectivity index (χ2v) is 7.97. The Balaban J connectivity index is 1.48. The van der Waals surface area contributed by atoms with Gasteiger partial charge in [-0.15, -0.1) is 0 Å². The minimum atomic E-state index is -1.27. The fourth-order valence-electron chi connectivity index (χ4n) is 2.84. The molecule has 0 fully saturated rings. The minimum Gasteiger partial charge on any atom is -0.497 e. The lowest BCUT2D eigenvalue weighted by molar-refractivity contribution is 0.0925. The summed E-state index contributed by atoms with van der Waals surface area (Å²) in [5.74, 6) is 2.16. The third-order valence-corrected chi connectivity index (χ3v) is 5.76. The highest BCUT2D eigenvalue weighted by atomic mass is 32.2. The second kappa shape index (κ2) is 10.6. The summed E-state index contributed by atoms with van der Waals surface area (Å²) in [6.07, 6.45) is 0.702. The molecule has 0 unspecified atom stereocenters. The maximum atomic E-state index is 12.5.